The molecule has 1 aromatic rings. The Bertz CT molecular complexity index is 793. The normalized spacial score (nSPS) is 26.2. The summed E-state index contributed by atoms with van der Waals surface area (Å²) in [5.74, 6) is 0.832. The average molecular weight is 379 g/mol. The first kappa shape index (κ1) is 18.0. The maximum absolute atomic E-state index is 13.2. The van der Waals surface area contributed by atoms with E-state index in [-0.39, 0.29) is 17.3 Å². The highest BCUT2D eigenvalue weighted by atomic mass is 16.2. The van der Waals surface area contributed by atoms with Gasteiger partial charge in [-0.3, -0.25) is 9.59 Å². The molecule has 4 aliphatic rings. The smallest absolute Gasteiger partial charge is 0.230 e. The molecule has 148 valence electrons. The molecule has 2 aliphatic carbocycles. The van der Waals surface area contributed by atoms with E-state index in [4.69, 9.17) is 0 Å². The quantitative estimate of drug-likeness (QED) is 0.738. The van der Waals surface area contributed by atoms with Crippen LogP contribution in [-0.4, -0.2) is 47.8 Å². The molecule has 1 aromatic carbocycles. The number of hydrogen-bond acceptors (Lipinski definition) is 2. The van der Waals surface area contributed by atoms with Crippen molar-refractivity contribution < 1.29 is 9.59 Å². The van der Waals surface area contributed by atoms with Gasteiger partial charge in [-0.25, -0.2) is 0 Å². The van der Waals surface area contributed by atoms with Gasteiger partial charge in [0.25, 0.3) is 0 Å². The summed E-state index contributed by atoms with van der Waals surface area (Å²) in [4.78, 5) is 30.2. The lowest BCUT2D eigenvalue weighted by atomic mass is 9.73. The van der Waals surface area contributed by atoms with Crippen LogP contribution in [0.2, 0.25) is 0 Å². The molecule has 2 heterocycles. The van der Waals surface area contributed by atoms with E-state index in [1.807, 2.05) is 0 Å². The van der Waals surface area contributed by atoms with Crippen LogP contribution in [0.4, 0.5) is 0 Å². The molecule has 0 N–H and O–H groups in total. The lowest BCUT2D eigenvalue weighted by Crippen LogP contribution is -2.46. The third kappa shape index (κ3) is 2.89. The second-order valence-electron chi connectivity index (χ2n) is 9.12. The van der Waals surface area contributed by atoms with E-state index < -0.39 is 0 Å². The SMILES string of the molecule is O=C(C1CC=CC1)N1CCC2(CC1)CC(C(=O)N1CCCC1)c1ccccc12. The molecule has 1 unspecified atom stereocenters. The van der Waals surface area contributed by atoms with Crippen molar-refractivity contribution >= 4 is 11.8 Å². The summed E-state index contributed by atoms with van der Waals surface area (Å²) in [7, 11) is 0. The van der Waals surface area contributed by atoms with Crippen molar-refractivity contribution in [1.82, 2.24) is 9.80 Å². The largest absolute Gasteiger partial charge is 0.342 e. The first-order valence-corrected chi connectivity index (χ1v) is 11.0. The predicted octanol–water partition coefficient (Wildman–Crippen LogP) is 3.62. The van der Waals surface area contributed by atoms with Crippen LogP contribution in [0.3, 0.4) is 0 Å². The van der Waals surface area contributed by atoms with E-state index in [0.29, 0.717) is 11.8 Å². The standard InChI is InChI=1S/C24H30N2O2/c27-22(18-7-1-2-8-18)26-15-11-24(12-16-26)17-20(19-9-3-4-10-21(19)24)23(28)25-13-5-6-14-25/h1-4,9-10,18,20H,5-8,11-17H2. The van der Waals surface area contributed by atoms with Crippen molar-refractivity contribution in [2.45, 2.75) is 56.3 Å². The number of hydrogen-bond donors (Lipinski definition) is 0. The van der Waals surface area contributed by atoms with Crippen LogP contribution in [-0.2, 0) is 15.0 Å². The Morgan fingerprint density at radius 3 is 2.21 bits per heavy atom. The van der Waals surface area contributed by atoms with Crippen LogP contribution in [0.25, 0.3) is 0 Å². The second-order valence-corrected chi connectivity index (χ2v) is 9.12. The van der Waals surface area contributed by atoms with Gasteiger partial charge < -0.3 is 9.80 Å². The molecule has 2 saturated heterocycles. The number of fused-ring (bicyclic) bond motifs is 2. The number of amides is 2. The number of carbonyl (C=O) groups excluding carboxylic acids is 2. The van der Waals surface area contributed by atoms with Crippen LogP contribution in [0, 0.1) is 5.92 Å². The number of rotatable bonds is 2. The van der Waals surface area contributed by atoms with Gasteiger partial charge in [-0.1, -0.05) is 36.4 Å². The molecule has 0 saturated carbocycles. The zero-order chi connectivity index (χ0) is 19.1. The Hall–Kier alpha value is -2.10. The molecule has 0 aromatic heterocycles. The summed E-state index contributed by atoms with van der Waals surface area (Å²) in [5.41, 5.74) is 2.70. The molecule has 2 fully saturated rings. The van der Waals surface area contributed by atoms with Gasteiger partial charge >= 0.3 is 0 Å². The second kappa shape index (κ2) is 7.06. The van der Waals surface area contributed by atoms with Crippen LogP contribution in [0.15, 0.2) is 36.4 Å². The lowest BCUT2D eigenvalue weighted by Gasteiger charge is -2.41. The van der Waals surface area contributed by atoms with E-state index in [1.165, 1.54) is 11.1 Å². The maximum Gasteiger partial charge on any atom is 0.230 e. The molecule has 2 aliphatic heterocycles. The molecule has 0 radical (unpaired) electrons. The molecule has 4 heteroatoms. The van der Waals surface area contributed by atoms with E-state index in [9.17, 15) is 9.59 Å². The number of likely N-dealkylation sites (tertiary alicyclic amines) is 2. The fourth-order valence-electron chi connectivity index (χ4n) is 5.98. The number of benzene rings is 1. The van der Waals surface area contributed by atoms with E-state index in [0.717, 1.165) is 71.1 Å². The van der Waals surface area contributed by atoms with E-state index in [1.54, 1.807) is 0 Å². The van der Waals surface area contributed by atoms with Gasteiger partial charge in [0.1, 0.15) is 0 Å². The molecule has 1 spiro atoms. The molecule has 0 bridgehead atoms. The highest BCUT2D eigenvalue weighted by Gasteiger charge is 2.49. The summed E-state index contributed by atoms with van der Waals surface area (Å²) in [5, 5.41) is 0. The summed E-state index contributed by atoms with van der Waals surface area (Å²) in [6.45, 7) is 3.49. The minimum Gasteiger partial charge on any atom is -0.342 e. The summed E-state index contributed by atoms with van der Waals surface area (Å²) >= 11 is 0. The summed E-state index contributed by atoms with van der Waals surface area (Å²) in [6, 6.07) is 8.61. The highest BCUT2D eigenvalue weighted by Crippen LogP contribution is 2.52. The summed E-state index contributed by atoms with van der Waals surface area (Å²) in [6.07, 6.45) is 11.2. The Morgan fingerprint density at radius 1 is 0.857 bits per heavy atom. The first-order valence-electron chi connectivity index (χ1n) is 11.0. The molecule has 4 nitrogen and oxygen atoms in total. The van der Waals surface area contributed by atoms with Gasteiger partial charge in [-0.05, 0) is 56.1 Å². The molecular formula is C24H30N2O2. The maximum atomic E-state index is 13.2. The molecule has 2 amide bonds. The summed E-state index contributed by atoms with van der Waals surface area (Å²) < 4.78 is 0. The Morgan fingerprint density at radius 2 is 1.50 bits per heavy atom. The van der Waals surface area contributed by atoms with Gasteiger partial charge in [0.05, 0.1) is 5.92 Å². The molecule has 1 atom stereocenters. The zero-order valence-corrected chi connectivity index (χ0v) is 16.6. The van der Waals surface area contributed by atoms with E-state index >= 15 is 0 Å². The van der Waals surface area contributed by atoms with Crippen molar-refractivity contribution in [3.63, 3.8) is 0 Å². The minimum atomic E-state index is 0.00980. The third-order valence-corrected chi connectivity index (χ3v) is 7.61. The zero-order valence-electron chi connectivity index (χ0n) is 16.6. The van der Waals surface area contributed by atoms with E-state index in [2.05, 4.69) is 46.2 Å². The van der Waals surface area contributed by atoms with Gasteiger partial charge in [0.15, 0.2) is 0 Å². The van der Waals surface area contributed by atoms with Crippen LogP contribution < -0.4 is 0 Å². The van der Waals surface area contributed by atoms with Crippen LogP contribution >= 0.6 is 0 Å². The topological polar surface area (TPSA) is 40.6 Å². The highest BCUT2D eigenvalue weighted by molar-refractivity contribution is 5.86. The number of nitrogens with zero attached hydrogens (tertiary/aromatic N) is 2. The van der Waals surface area contributed by atoms with Gasteiger partial charge in [-0.15, -0.1) is 0 Å². The van der Waals surface area contributed by atoms with Gasteiger partial charge in [-0.2, -0.15) is 0 Å². The van der Waals surface area contributed by atoms with Gasteiger partial charge in [0, 0.05) is 37.5 Å². The number of carbonyl (C=O) groups is 2. The minimum absolute atomic E-state index is 0.00980. The fourth-order valence-corrected chi connectivity index (χ4v) is 5.98. The Kier molecular flexibility index (Phi) is 4.53. The number of piperidine rings is 1. The van der Waals surface area contributed by atoms with Crippen molar-refractivity contribution in [2.75, 3.05) is 26.2 Å². The Labute approximate surface area is 167 Å². The monoisotopic (exact) mass is 378 g/mol. The first-order chi connectivity index (χ1) is 13.7. The van der Waals surface area contributed by atoms with Crippen LogP contribution in [0.1, 0.15) is 62.0 Å². The van der Waals surface area contributed by atoms with Crippen molar-refractivity contribution in [1.29, 1.82) is 0 Å². The van der Waals surface area contributed by atoms with Crippen molar-refractivity contribution in [3.8, 4) is 0 Å². The fraction of sp³-hybridized carbons (Fsp3) is 0.583. The molecular weight excluding hydrogens is 348 g/mol. The lowest BCUT2D eigenvalue weighted by molar-refractivity contribution is -0.137. The van der Waals surface area contributed by atoms with Crippen molar-refractivity contribution in [3.05, 3.63) is 47.5 Å². The third-order valence-electron chi connectivity index (χ3n) is 7.61. The average Bonchev–Trinajstić information content (AvgIpc) is 3.49. The van der Waals surface area contributed by atoms with Gasteiger partial charge in [0.2, 0.25) is 11.8 Å². The predicted molar refractivity (Wildman–Crippen MR) is 109 cm³/mol. The van der Waals surface area contributed by atoms with Crippen molar-refractivity contribution in [2.24, 2.45) is 5.92 Å². The van der Waals surface area contributed by atoms with Crippen LogP contribution in [0.5, 0.6) is 0 Å². The number of allylic oxidation sites excluding steroid dienone is 2. The molecule has 5 rings (SSSR count). The molecule has 28 heavy (non-hydrogen) atoms. The Balaban J connectivity index is 1.34.